The van der Waals surface area contributed by atoms with Gasteiger partial charge in [0.2, 0.25) is 0 Å². The smallest absolute Gasteiger partial charge is 0.0426 e. The minimum absolute atomic E-state index is 0.853. The molecule has 0 unspecified atom stereocenters. The highest BCUT2D eigenvalue weighted by Crippen LogP contribution is 2.56. The molecule has 0 amide bonds. The molecule has 4 nitrogen and oxygen atoms in total. The van der Waals surface area contributed by atoms with Crippen LogP contribution in [0, 0.1) is 61.2 Å². The van der Waals surface area contributed by atoms with E-state index in [2.05, 4.69) is 69.8 Å². The maximum absolute atomic E-state index is 6.16. The predicted molar refractivity (Wildman–Crippen MR) is 197 cm³/mol. The van der Waals surface area contributed by atoms with E-state index in [1.165, 1.54) is 87.5 Å². The van der Waals surface area contributed by atoms with Crippen molar-refractivity contribution in [1.29, 1.82) is 0 Å². The summed E-state index contributed by atoms with van der Waals surface area (Å²) in [5, 5.41) is 0.853. The van der Waals surface area contributed by atoms with Gasteiger partial charge in [-0.2, -0.15) is 0 Å². The van der Waals surface area contributed by atoms with Gasteiger partial charge in [-0.3, -0.25) is 9.80 Å². The minimum Gasteiger partial charge on any atom is -0.369 e. The number of rotatable bonds is 4. The van der Waals surface area contributed by atoms with Crippen molar-refractivity contribution in [3.63, 3.8) is 0 Å². The summed E-state index contributed by atoms with van der Waals surface area (Å²) >= 11 is 6.16. The van der Waals surface area contributed by atoms with E-state index in [0.717, 1.165) is 77.5 Å². The fourth-order valence-electron chi connectivity index (χ4n) is 13.3. The number of hydrogen-bond acceptors (Lipinski definition) is 4. The van der Waals surface area contributed by atoms with E-state index < -0.39 is 0 Å². The van der Waals surface area contributed by atoms with E-state index in [4.69, 9.17) is 11.6 Å². The molecule has 47 heavy (non-hydrogen) atoms. The average Bonchev–Trinajstić information content (AvgIpc) is 3.06. The van der Waals surface area contributed by atoms with Crippen molar-refractivity contribution in [1.82, 2.24) is 9.80 Å². The molecule has 0 radical (unpaired) electrons. The van der Waals surface area contributed by atoms with Crippen LogP contribution in [0.2, 0.25) is 5.02 Å². The maximum Gasteiger partial charge on any atom is 0.0426 e. The SMILES string of the molecule is Cc1ccc(C)c(N2CCN(C3C4CC5CC(C4)CC3C5)CC2)c1.Clc1cccc(N2CCN(C3C4CC5CC(C4)CC3C5)CC2)c1. The summed E-state index contributed by atoms with van der Waals surface area (Å²) in [4.78, 5) is 10.9. The van der Waals surface area contributed by atoms with Gasteiger partial charge >= 0.3 is 0 Å². The van der Waals surface area contributed by atoms with Gasteiger partial charge in [0, 0.05) is 80.8 Å². The van der Waals surface area contributed by atoms with Crippen molar-refractivity contribution in [2.24, 2.45) is 47.3 Å². The lowest BCUT2D eigenvalue weighted by Crippen LogP contribution is -2.60. The summed E-state index contributed by atoms with van der Waals surface area (Å²) in [6.45, 7) is 14.2. The lowest BCUT2D eigenvalue weighted by Gasteiger charge is -2.58. The summed E-state index contributed by atoms with van der Waals surface area (Å²) in [6, 6.07) is 17.1. The number of piperazine rings is 2. The highest BCUT2D eigenvalue weighted by molar-refractivity contribution is 6.30. The first kappa shape index (κ1) is 31.2. The molecule has 8 aliphatic carbocycles. The fourth-order valence-corrected chi connectivity index (χ4v) is 13.4. The van der Waals surface area contributed by atoms with Crippen molar-refractivity contribution in [3.8, 4) is 0 Å². The minimum atomic E-state index is 0.853. The quantitative estimate of drug-likeness (QED) is 0.328. The third-order valence-electron chi connectivity index (χ3n) is 14.7. The summed E-state index contributed by atoms with van der Waals surface area (Å²) in [6.07, 6.45) is 15.5. The average molecular weight is 655 g/mol. The molecular formula is C42H59ClN4. The molecule has 8 bridgehead atoms. The lowest BCUT2D eigenvalue weighted by atomic mass is 9.54. The van der Waals surface area contributed by atoms with Crippen LogP contribution in [0.3, 0.4) is 0 Å². The molecule has 10 fully saturated rings. The van der Waals surface area contributed by atoms with Gasteiger partial charge in [-0.25, -0.2) is 0 Å². The molecule has 10 aliphatic rings. The van der Waals surface area contributed by atoms with Crippen molar-refractivity contribution in [3.05, 3.63) is 58.6 Å². The largest absolute Gasteiger partial charge is 0.369 e. The zero-order valence-electron chi connectivity index (χ0n) is 29.2. The second-order valence-corrected chi connectivity index (χ2v) is 18.1. The van der Waals surface area contributed by atoms with Gasteiger partial charge in [-0.1, -0.05) is 29.8 Å². The van der Waals surface area contributed by atoms with Crippen LogP contribution in [0.4, 0.5) is 11.4 Å². The van der Waals surface area contributed by atoms with Crippen LogP contribution >= 0.6 is 11.6 Å². The Morgan fingerprint density at radius 3 is 1.45 bits per heavy atom. The molecule has 8 saturated carbocycles. The monoisotopic (exact) mass is 654 g/mol. The van der Waals surface area contributed by atoms with Gasteiger partial charge < -0.3 is 9.80 Å². The molecule has 0 N–H and O–H groups in total. The summed E-state index contributed by atoms with van der Waals surface area (Å²) < 4.78 is 0. The Balaban J connectivity index is 0.000000129. The van der Waals surface area contributed by atoms with Crippen LogP contribution in [0.5, 0.6) is 0 Å². The number of anilines is 2. The first-order valence-electron chi connectivity index (χ1n) is 19.7. The van der Waals surface area contributed by atoms with Crippen molar-refractivity contribution in [2.45, 2.75) is 90.1 Å². The number of benzene rings is 2. The number of hydrogen-bond donors (Lipinski definition) is 0. The zero-order chi connectivity index (χ0) is 31.6. The van der Waals surface area contributed by atoms with Gasteiger partial charge in [0.15, 0.2) is 0 Å². The second kappa shape index (κ2) is 12.9. The third kappa shape index (κ3) is 6.16. The highest BCUT2D eigenvalue weighted by Gasteiger charge is 2.51. The molecular weight excluding hydrogens is 596 g/mol. The molecule has 2 saturated heterocycles. The maximum atomic E-state index is 6.16. The van der Waals surface area contributed by atoms with Gasteiger partial charge in [-0.05, 0) is 161 Å². The molecule has 0 atom stereocenters. The number of nitrogens with zero attached hydrogens (tertiary/aromatic N) is 4. The summed E-state index contributed by atoms with van der Waals surface area (Å²) in [5.41, 5.74) is 5.59. The van der Waals surface area contributed by atoms with Crippen LogP contribution in [-0.4, -0.2) is 74.2 Å². The molecule has 2 aromatic rings. The molecule has 5 heteroatoms. The molecule has 0 aromatic heterocycles. The van der Waals surface area contributed by atoms with Crippen LogP contribution in [-0.2, 0) is 0 Å². The Morgan fingerprint density at radius 1 is 0.511 bits per heavy atom. The topological polar surface area (TPSA) is 13.0 Å². The fraction of sp³-hybridized carbons (Fsp3) is 0.714. The second-order valence-electron chi connectivity index (χ2n) is 17.7. The van der Waals surface area contributed by atoms with Crippen molar-refractivity contribution >= 4 is 23.0 Å². The zero-order valence-corrected chi connectivity index (χ0v) is 30.0. The van der Waals surface area contributed by atoms with Crippen LogP contribution in [0.15, 0.2) is 42.5 Å². The van der Waals surface area contributed by atoms with E-state index in [9.17, 15) is 0 Å². The Hall–Kier alpha value is -1.75. The van der Waals surface area contributed by atoms with Gasteiger partial charge in [-0.15, -0.1) is 0 Å². The Bertz CT molecular complexity index is 1350. The summed E-state index contributed by atoms with van der Waals surface area (Å²) in [7, 11) is 0. The van der Waals surface area contributed by atoms with E-state index >= 15 is 0 Å². The van der Waals surface area contributed by atoms with E-state index in [1.807, 2.05) is 6.07 Å². The first-order chi connectivity index (χ1) is 22.9. The molecule has 2 aliphatic heterocycles. The standard InChI is InChI=1S/C22H32N2.C20H27ClN2/c1-15-3-4-16(2)21(9-15)23-5-7-24(8-6-23)22-19-11-17-10-18(13-19)14-20(22)12-17;21-18-2-1-3-19(13-18)22-4-6-23(7-5-22)20-16-9-14-8-15(11-16)12-17(20)10-14/h3-4,9,17-20,22H,5-8,10-14H2,1-2H3;1-3,13-17,20H,4-12H2. The van der Waals surface area contributed by atoms with Gasteiger partial charge in [0.25, 0.3) is 0 Å². The Labute approximate surface area is 290 Å². The van der Waals surface area contributed by atoms with Gasteiger partial charge in [0.05, 0.1) is 0 Å². The molecule has 254 valence electrons. The number of halogens is 1. The predicted octanol–water partition coefficient (Wildman–Crippen LogP) is 8.54. The summed E-state index contributed by atoms with van der Waals surface area (Å²) in [5.74, 6) is 8.47. The molecule has 2 aromatic carbocycles. The van der Waals surface area contributed by atoms with Crippen LogP contribution in [0.1, 0.15) is 75.3 Å². The van der Waals surface area contributed by atoms with Crippen LogP contribution < -0.4 is 9.80 Å². The van der Waals surface area contributed by atoms with Crippen molar-refractivity contribution in [2.75, 3.05) is 62.2 Å². The Morgan fingerprint density at radius 2 is 0.979 bits per heavy atom. The molecule has 0 spiro atoms. The molecule has 2 heterocycles. The normalized spacial score (nSPS) is 39.3. The van der Waals surface area contributed by atoms with Crippen molar-refractivity contribution < 1.29 is 0 Å². The van der Waals surface area contributed by atoms with E-state index in [1.54, 1.807) is 38.5 Å². The number of aryl methyl sites for hydroxylation is 2. The third-order valence-corrected chi connectivity index (χ3v) is 14.9. The van der Waals surface area contributed by atoms with E-state index in [-0.39, 0.29) is 0 Å². The lowest BCUT2D eigenvalue weighted by molar-refractivity contribution is -0.0665. The highest BCUT2D eigenvalue weighted by atomic mass is 35.5. The van der Waals surface area contributed by atoms with Gasteiger partial charge in [0.1, 0.15) is 0 Å². The molecule has 12 rings (SSSR count). The Kier molecular flexibility index (Phi) is 8.54. The van der Waals surface area contributed by atoms with Crippen LogP contribution in [0.25, 0.3) is 0 Å². The van der Waals surface area contributed by atoms with E-state index in [0.29, 0.717) is 0 Å². The first-order valence-corrected chi connectivity index (χ1v) is 20.1.